The van der Waals surface area contributed by atoms with Gasteiger partial charge in [-0.15, -0.1) is 0 Å². The highest BCUT2D eigenvalue weighted by Crippen LogP contribution is 2.25. The molecule has 2 rings (SSSR count). The molecule has 0 aliphatic heterocycles. The Kier molecular flexibility index (Phi) is 3.81. The fraction of sp³-hybridized carbons (Fsp3) is 0.214. The summed E-state index contributed by atoms with van der Waals surface area (Å²) in [4.78, 5) is 11.0. The average Bonchev–Trinajstić information content (AvgIpc) is 2.78. The number of aryl methyl sites for hydroxylation is 1. The standard InChI is InChI=1S/C14H14ClNO3/c1-8-3-6-13(19-8)9(2)16-10-4-5-12(15)11(7-10)14(17)18/h3-7,9,16H,1-2H3,(H,17,18). The van der Waals surface area contributed by atoms with E-state index in [2.05, 4.69) is 5.32 Å². The number of hydrogen-bond donors (Lipinski definition) is 2. The SMILES string of the molecule is Cc1ccc(C(C)Nc2ccc(Cl)c(C(=O)O)c2)o1. The smallest absolute Gasteiger partial charge is 0.337 e. The van der Waals surface area contributed by atoms with Crippen LogP contribution in [0.4, 0.5) is 5.69 Å². The molecule has 0 saturated heterocycles. The van der Waals surface area contributed by atoms with Crippen molar-refractivity contribution in [3.63, 3.8) is 0 Å². The summed E-state index contributed by atoms with van der Waals surface area (Å²) < 4.78 is 5.51. The molecule has 1 heterocycles. The lowest BCUT2D eigenvalue weighted by Gasteiger charge is -2.13. The quantitative estimate of drug-likeness (QED) is 0.884. The van der Waals surface area contributed by atoms with E-state index in [1.54, 1.807) is 12.1 Å². The number of carboxylic acids is 1. The number of nitrogens with one attached hydrogen (secondary N) is 1. The van der Waals surface area contributed by atoms with Crippen LogP contribution < -0.4 is 5.32 Å². The van der Waals surface area contributed by atoms with Crippen molar-refractivity contribution < 1.29 is 14.3 Å². The first-order valence-electron chi connectivity index (χ1n) is 5.83. The number of carbonyl (C=O) groups is 1. The zero-order valence-electron chi connectivity index (χ0n) is 10.6. The van der Waals surface area contributed by atoms with Crippen molar-refractivity contribution in [2.45, 2.75) is 19.9 Å². The Morgan fingerprint density at radius 3 is 2.68 bits per heavy atom. The van der Waals surface area contributed by atoms with Crippen molar-refractivity contribution in [2.24, 2.45) is 0 Å². The highest BCUT2D eigenvalue weighted by Gasteiger charge is 2.13. The molecule has 2 N–H and O–H groups in total. The van der Waals surface area contributed by atoms with E-state index in [9.17, 15) is 4.79 Å². The third-order valence-electron chi connectivity index (χ3n) is 2.77. The summed E-state index contributed by atoms with van der Waals surface area (Å²) in [6.07, 6.45) is 0. The van der Waals surface area contributed by atoms with Crippen molar-refractivity contribution in [2.75, 3.05) is 5.32 Å². The van der Waals surface area contributed by atoms with Crippen LogP contribution in [0.5, 0.6) is 0 Å². The van der Waals surface area contributed by atoms with Crippen molar-refractivity contribution in [3.8, 4) is 0 Å². The lowest BCUT2D eigenvalue weighted by Crippen LogP contribution is -2.07. The topological polar surface area (TPSA) is 62.5 Å². The van der Waals surface area contributed by atoms with Crippen LogP contribution in [0.15, 0.2) is 34.7 Å². The van der Waals surface area contributed by atoms with Gasteiger partial charge in [-0.1, -0.05) is 11.6 Å². The molecule has 0 amide bonds. The van der Waals surface area contributed by atoms with E-state index in [0.717, 1.165) is 11.5 Å². The molecule has 0 radical (unpaired) electrons. The Bertz CT molecular complexity index is 606. The summed E-state index contributed by atoms with van der Waals surface area (Å²) in [7, 11) is 0. The second-order valence-corrected chi connectivity index (χ2v) is 4.72. The second kappa shape index (κ2) is 5.36. The highest BCUT2D eigenvalue weighted by atomic mass is 35.5. The van der Waals surface area contributed by atoms with Crippen molar-refractivity contribution in [3.05, 3.63) is 52.4 Å². The number of rotatable bonds is 4. The van der Waals surface area contributed by atoms with Gasteiger partial charge in [-0.25, -0.2) is 4.79 Å². The molecule has 0 spiro atoms. The van der Waals surface area contributed by atoms with Gasteiger partial charge in [-0.3, -0.25) is 0 Å². The predicted molar refractivity (Wildman–Crippen MR) is 73.9 cm³/mol. The molecule has 1 unspecified atom stereocenters. The molecule has 1 atom stereocenters. The van der Waals surface area contributed by atoms with Gasteiger partial charge in [0.2, 0.25) is 0 Å². The minimum absolute atomic E-state index is 0.0588. The molecule has 19 heavy (non-hydrogen) atoms. The Hall–Kier alpha value is -1.94. The van der Waals surface area contributed by atoms with Crippen LogP contribution in [0.1, 0.15) is 34.8 Å². The van der Waals surface area contributed by atoms with Gasteiger partial charge in [0.25, 0.3) is 0 Å². The Labute approximate surface area is 116 Å². The molecular weight excluding hydrogens is 266 g/mol. The number of hydrogen-bond acceptors (Lipinski definition) is 3. The largest absolute Gasteiger partial charge is 0.478 e. The van der Waals surface area contributed by atoms with Gasteiger partial charge in [0.15, 0.2) is 0 Å². The van der Waals surface area contributed by atoms with Crippen molar-refractivity contribution in [1.82, 2.24) is 0 Å². The molecule has 0 saturated carbocycles. The number of anilines is 1. The maximum absolute atomic E-state index is 11.0. The minimum atomic E-state index is -1.05. The van der Waals surface area contributed by atoms with Crippen molar-refractivity contribution >= 4 is 23.3 Å². The average molecular weight is 280 g/mol. The number of furan rings is 1. The van der Waals surface area contributed by atoms with E-state index in [-0.39, 0.29) is 16.6 Å². The molecule has 0 aliphatic rings. The molecule has 0 fully saturated rings. The van der Waals surface area contributed by atoms with Gasteiger partial charge in [0, 0.05) is 5.69 Å². The minimum Gasteiger partial charge on any atom is -0.478 e. The summed E-state index contributed by atoms with van der Waals surface area (Å²) in [5.41, 5.74) is 0.762. The molecule has 0 bridgehead atoms. The fourth-order valence-corrected chi connectivity index (χ4v) is 1.98. The Morgan fingerprint density at radius 2 is 2.11 bits per heavy atom. The fourth-order valence-electron chi connectivity index (χ4n) is 1.79. The van der Waals surface area contributed by atoms with E-state index in [0.29, 0.717) is 5.69 Å². The molecule has 0 aliphatic carbocycles. The maximum atomic E-state index is 11.0. The monoisotopic (exact) mass is 279 g/mol. The summed E-state index contributed by atoms with van der Waals surface area (Å²) in [5.74, 6) is 0.588. The summed E-state index contributed by atoms with van der Waals surface area (Å²) in [6.45, 7) is 3.81. The van der Waals surface area contributed by atoms with Crippen LogP contribution in [-0.4, -0.2) is 11.1 Å². The van der Waals surface area contributed by atoms with Crippen LogP contribution in [0.2, 0.25) is 5.02 Å². The first-order chi connectivity index (χ1) is 8.97. The molecule has 4 nitrogen and oxygen atoms in total. The normalized spacial score (nSPS) is 12.2. The Balaban J connectivity index is 2.19. The molecule has 1 aromatic carbocycles. The Morgan fingerprint density at radius 1 is 1.37 bits per heavy atom. The molecular formula is C14H14ClNO3. The van der Waals surface area contributed by atoms with E-state index >= 15 is 0 Å². The van der Waals surface area contributed by atoms with Gasteiger partial charge >= 0.3 is 5.97 Å². The zero-order valence-corrected chi connectivity index (χ0v) is 11.4. The van der Waals surface area contributed by atoms with Gasteiger partial charge in [-0.05, 0) is 44.2 Å². The second-order valence-electron chi connectivity index (χ2n) is 4.31. The summed E-state index contributed by atoms with van der Waals surface area (Å²) in [6, 6.07) is 8.53. The lowest BCUT2D eigenvalue weighted by atomic mass is 10.1. The van der Waals surface area contributed by atoms with Crippen molar-refractivity contribution in [1.29, 1.82) is 0 Å². The summed E-state index contributed by atoms with van der Waals surface area (Å²) >= 11 is 5.82. The van der Waals surface area contributed by atoms with Gasteiger partial charge in [0.05, 0.1) is 16.6 Å². The highest BCUT2D eigenvalue weighted by molar-refractivity contribution is 6.33. The number of carboxylic acid groups (broad SMARTS) is 1. The first kappa shape index (κ1) is 13.5. The van der Waals surface area contributed by atoms with Gasteiger partial charge in [-0.2, -0.15) is 0 Å². The first-order valence-corrected chi connectivity index (χ1v) is 6.21. The van der Waals surface area contributed by atoms with E-state index in [4.69, 9.17) is 21.1 Å². The number of aromatic carboxylic acids is 1. The third kappa shape index (κ3) is 3.09. The summed E-state index contributed by atoms with van der Waals surface area (Å²) in [5, 5.41) is 12.4. The van der Waals surface area contributed by atoms with Gasteiger partial charge < -0.3 is 14.8 Å². The van der Waals surface area contributed by atoms with Crippen LogP contribution in [0, 0.1) is 6.92 Å². The molecule has 5 heteroatoms. The third-order valence-corrected chi connectivity index (χ3v) is 3.10. The van der Waals surface area contributed by atoms with Crippen LogP contribution >= 0.6 is 11.6 Å². The van der Waals surface area contributed by atoms with E-state index in [1.165, 1.54) is 6.07 Å². The predicted octanol–water partition coefficient (Wildman–Crippen LogP) is 4.11. The molecule has 1 aromatic heterocycles. The number of benzene rings is 1. The van der Waals surface area contributed by atoms with Crippen LogP contribution in [0.25, 0.3) is 0 Å². The van der Waals surface area contributed by atoms with Gasteiger partial charge in [0.1, 0.15) is 11.5 Å². The zero-order chi connectivity index (χ0) is 14.0. The van der Waals surface area contributed by atoms with Crippen LogP contribution in [0.3, 0.4) is 0 Å². The number of halogens is 1. The van der Waals surface area contributed by atoms with Crippen LogP contribution in [-0.2, 0) is 0 Å². The lowest BCUT2D eigenvalue weighted by molar-refractivity contribution is 0.0697. The maximum Gasteiger partial charge on any atom is 0.337 e. The molecule has 100 valence electrons. The van der Waals surface area contributed by atoms with E-state index < -0.39 is 5.97 Å². The van der Waals surface area contributed by atoms with E-state index in [1.807, 2.05) is 26.0 Å². The molecule has 2 aromatic rings.